The highest BCUT2D eigenvalue weighted by molar-refractivity contribution is 5.80. The van der Waals surface area contributed by atoms with E-state index in [2.05, 4.69) is 34.9 Å². The Morgan fingerprint density at radius 1 is 0.750 bits per heavy atom. The zero-order valence-corrected chi connectivity index (χ0v) is 13.3. The lowest BCUT2D eigenvalue weighted by Crippen LogP contribution is -2.02. The zero-order chi connectivity index (χ0) is 16.4. The highest BCUT2D eigenvalue weighted by Gasteiger charge is 2.12. The van der Waals surface area contributed by atoms with Crippen LogP contribution >= 0.6 is 0 Å². The molecule has 0 aliphatic heterocycles. The van der Waals surface area contributed by atoms with Crippen molar-refractivity contribution in [1.82, 2.24) is 9.55 Å². The van der Waals surface area contributed by atoms with Crippen LogP contribution in [-0.2, 0) is 13.2 Å². The number of imidazole rings is 1. The number of nitrogens with zero attached hydrogens (tertiary/aromatic N) is 2. The molecule has 1 heterocycles. The first-order valence-electron chi connectivity index (χ1n) is 8.04. The predicted molar refractivity (Wildman–Crippen MR) is 96.6 cm³/mol. The average molecular weight is 314 g/mol. The highest BCUT2D eigenvalue weighted by atomic mass is 16.3. The monoisotopic (exact) mass is 314 g/mol. The van der Waals surface area contributed by atoms with Gasteiger partial charge in [0.05, 0.1) is 17.6 Å². The van der Waals surface area contributed by atoms with Crippen LogP contribution in [0.15, 0.2) is 78.9 Å². The maximum Gasteiger partial charge on any atom is 0.141 e. The minimum Gasteiger partial charge on any atom is -0.392 e. The lowest BCUT2D eigenvalue weighted by atomic mass is 10.1. The summed E-state index contributed by atoms with van der Waals surface area (Å²) < 4.78 is 2.25. The summed E-state index contributed by atoms with van der Waals surface area (Å²) in [4.78, 5) is 4.84. The summed E-state index contributed by atoms with van der Waals surface area (Å²) in [6.07, 6.45) is 0. The average Bonchev–Trinajstić information content (AvgIpc) is 3.01. The molecule has 4 aromatic rings. The van der Waals surface area contributed by atoms with Gasteiger partial charge in [-0.1, -0.05) is 66.7 Å². The van der Waals surface area contributed by atoms with Crippen LogP contribution in [0, 0.1) is 0 Å². The van der Waals surface area contributed by atoms with E-state index in [9.17, 15) is 5.11 Å². The van der Waals surface area contributed by atoms with Gasteiger partial charge < -0.3 is 9.67 Å². The van der Waals surface area contributed by atoms with E-state index in [0.717, 1.165) is 34.5 Å². The van der Waals surface area contributed by atoms with Crippen molar-refractivity contribution in [2.45, 2.75) is 13.2 Å². The smallest absolute Gasteiger partial charge is 0.141 e. The third-order valence-electron chi connectivity index (χ3n) is 4.23. The van der Waals surface area contributed by atoms with E-state index in [1.54, 1.807) is 0 Å². The molecule has 0 saturated carbocycles. The van der Waals surface area contributed by atoms with Crippen molar-refractivity contribution < 1.29 is 5.11 Å². The van der Waals surface area contributed by atoms with Gasteiger partial charge in [0, 0.05) is 12.1 Å². The molecule has 3 aromatic carbocycles. The third kappa shape index (κ3) is 2.70. The third-order valence-corrected chi connectivity index (χ3v) is 4.23. The topological polar surface area (TPSA) is 38.1 Å². The first-order valence-corrected chi connectivity index (χ1v) is 8.04. The van der Waals surface area contributed by atoms with Gasteiger partial charge >= 0.3 is 0 Å². The number of hydrogen-bond donors (Lipinski definition) is 1. The minimum atomic E-state index is 0.0563. The Morgan fingerprint density at radius 2 is 1.46 bits per heavy atom. The molecular formula is C21H18N2O. The molecule has 0 unspecified atom stereocenters. The van der Waals surface area contributed by atoms with E-state index in [4.69, 9.17) is 4.98 Å². The fraction of sp³-hybridized carbons (Fsp3) is 0.0952. The summed E-state index contributed by atoms with van der Waals surface area (Å²) in [6, 6.07) is 26.6. The normalized spacial score (nSPS) is 11.0. The fourth-order valence-corrected chi connectivity index (χ4v) is 2.98. The second kappa shape index (κ2) is 6.30. The van der Waals surface area contributed by atoms with Gasteiger partial charge in [-0.2, -0.15) is 0 Å². The largest absolute Gasteiger partial charge is 0.392 e. The lowest BCUT2D eigenvalue weighted by molar-refractivity contribution is 0.282. The molecule has 0 atom stereocenters. The molecule has 3 nitrogen and oxygen atoms in total. The van der Waals surface area contributed by atoms with Gasteiger partial charge in [-0.3, -0.25) is 0 Å². The summed E-state index contributed by atoms with van der Waals surface area (Å²) >= 11 is 0. The molecule has 24 heavy (non-hydrogen) atoms. The van der Waals surface area contributed by atoms with Crippen molar-refractivity contribution >= 4 is 11.0 Å². The Morgan fingerprint density at radius 3 is 2.21 bits per heavy atom. The van der Waals surface area contributed by atoms with Crippen molar-refractivity contribution in [3.8, 4) is 11.4 Å². The number of aromatic nitrogens is 2. The molecule has 0 saturated heterocycles. The van der Waals surface area contributed by atoms with E-state index in [1.165, 1.54) is 5.56 Å². The van der Waals surface area contributed by atoms with Crippen LogP contribution in [0.1, 0.15) is 11.1 Å². The highest BCUT2D eigenvalue weighted by Crippen LogP contribution is 2.26. The van der Waals surface area contributed by atoms with Crippen molar-refractivity contribution in [2.24, 2.45) is 0 Å². The SMILES string of the molecule is OCc1ccc(-c2nc3ccccc3n2Cc2ccccc2)cc1. The predicted octanol–water partition coefficient (Wildman–Crippen LogP) is 4.24. The van der Waals surface area contributed by atoms with Gasteiger partial charge in [0.1, 0.15) is 5.82 Å². The molecule has 118 valence electrons. The second-order valence-electron chi connectivity index (χ2n) is 5.85. The molecule has 3 heteroatoms. The first kappa shape index (κ1) is 14.7. The van der Waals surface area contributed by atoms with Crippen LogP contribution in [0.4, 0.5) is 0 Å². The van der Waals surface area contributed by atoms with Gasteiger partial charge in [-0.15, -0.1) is 0 Å². The first-order chi connectivity index (χ1) is 11.8. The summed E-state index contributed by atoms with van der Waals surface area (Å²) in [7, 11) is 0. The van der Waals surface area contributed by atoms with Crippen LogP contribution in [0.5, 0.6) is 0 Å². The summed E-state index contributed by atoms with van der Waals surface area (Å²) in [6.45, 7) is 0.832. The molecule has 0 bridgehead atoms. The van der Waals surface area contributed by atoms with E-state index in [0.29, 0.717) is 0 Å². The summed E-state index contributed by atoms with van der Waals surface area (Å²) in [5.41, 5.74) is 5.33. The maximum atomic E-state index is 9.24. The number of rotatable bonds is 4. The Hall–Kier alpha value is -2.91. The van der Waals surface area contributed by atoms with E-state index >= 15 is 0 Å². The quantitative estimate of drug-likeness (QED) is 0.612. The number of hydrogen-bond acceptors (Lipinski definition) is 2. The van der Waals surface area contributed by atoms with Gasteiger partial charge in [0.2, 0.25) is 0 Å². The zero-order valence-electron chi connectivity index (χ0n) is 13.3. The van der Waals surface area contributed by atoms with Gasteiger partial charge in [-0.25, -0.2) is 4.98 Å². The Labute approximate surface area is 140 Å². The summed E-state index contributed by atoms with van der Waals surface area (Å²) in [5, 5.41) is 9.24. The van der Waals surface area contributed by atoms with Crippen molar-refractivity contribution in [3.63, 3.8) is 0 Å². The number of benzene rings is 3. The fourth-order valence-electron chi connectivity index (χ4n) is 2.98. The lowest BCUT2D eigenvalue weighted by Gasteiger charge is -2.10. The van der Waals surface area contributed by atoms with Crippen molar-refractivity contribution in [2.75, 3.05) is 0 Å². The van der Waals surface area contributed by atoms with Crippen LogP contribution in [0.25, 0.3) is 22.4 Å². The Kier molecular flexibility index (Phi) is 3.85. The molecule has 0 aliphatic carbocycles. The molecule has 0 aliphatic rings. The van der Waals surface area contributed by atoms with Crippen LogP contribution in [0.2, 0.25) is 0 Å². The van der Waals surface area contributed by atoms with E-state index < -0.39 is 0 Å². The van der Waals surface area contributed by atoms with Gasteiger partial charge in [0.15, 0.2) is 0 Å². The Bertz CT molecular complexity index is 956. The summed E-state index contributed by atoms with van der Waals surface area (Å²) in [5.74, 6) is 0.949. The van der Waals surface area contributed by atoms with E-state index in [1.807, 2.05) is 48.5 Å². The molecule has 4 rings (SSSR count). The minimum absolute atomic E-state index is 0.0563. The number of aliphatic hydroxyl groups is 1. The maximum absolute atomic E-state index is 9.24. The molecule has 0 amide bonds. The molecule has 0 fully saturated rings. The van der Waals surface area contributed by atoms with Crippen LogP contribution in [0.3, 0.4) is 0 Å². The Balaban J connectivity index is 1.85. The van der Waals surface area contributed by atoms with Crippen LogP contribution < -0.4 is 0 Å². The molecule has 0 radical (unpaired) electrons. The number of fused-ring (bicyclic) bond motifs is 1. The number of aliphatic hydroxyl groups excluding tert-OH is 1. The molecule has 1 aromatic heterocycles. The van der Waals surface area contributed by atoms with Crippen LogP contribution in [-0.4, -0.2) is 14.7 Å². The molecule has 1 N–H and O–H groups in total. The van der Waals surface area contributed by atoms with Gasteiger partial charge in [-0.05, 0) is 23.3 Å². The standard InChI is InChI=1S/C21H18N2O/c24-15-17-10-12-18(13-11-17)21-22-19-8-4-5-9-20(19)23(21)14-16-6-2-1-3-7-16/h1-13,24H,14-15H2. The molecule has 0 spiro atoms. The van der Waals surface area contributed by atoms with Gasteiger partial charge in [0.25, 0.3) is 0 Å². The van der Waals surface area contributed by atoms with Crippen molar-refractivity contribution in [1.29, 1.82) is 0 Å². The molecular weight excluding hydrogens is 296 g/mol. The second-order valence-corrected chi connectivity index (χ2v) is 5.85. The van der Waals surface area contributed by atoms with Crippen molar-refractivity contribution in [3.05, 3.63) is 90.0 Å². The van der Waals surface area contributed by atoms with E-state index in [-0.39, 0.29) is 6.61 Å². The number of para-hydroxylation sites is 2.